The molecule has 2 aromatic carbocycles. The van der Waals surface area contributed by atoms with Crippen LogP contribution in [-0.2, 0) is 9.53 Å². The lowest BCUT2D eigenvalue weighted by Crippen LogP contribution is -2.36. The summed E-state index contributed by atoms with van der Waals surface area (Å²) in [4.78, 5) is 38.5. The summed E-state index contributed by atoms with van der Waals surface area (Å²) in [5.74, 6) is -1.16. The van der Waals surface area contributed by atoms with Crippen molar-refractivity contribution in [3.8, 4) is 28.1 Å². The van der Waals surface area contributed by atoms with Crippen LogP contribution in [0.4, 0.5) is 5.69 Å². The molecule has 4 aromatic rings. The molecular weight excluding hydrogens is 550 g/mol. The molecule has 1 aliphatic rings. The number of pyridine rings is 1. The lowest BCUT2D eigenvalue weighted by molar-refractivity contribution is -0.121. The van der Waals surface area contributed by atoms with Gasteiger partial charge in [-0.2, -0.15) is 0 Å². The first kappa shape index (κ1) is 28.1. The van der Waals surface area contributed by atoms with Crippen molar-refractivity contribution in [3.63, 3.8) is 0 Å². The van der Waals surface area contributed by atoms with E-state index < -0.39 is 23.5 Å². The lowest BCUT2D eigenvalue weighted by atomic mass is 9.97. The second-order valence-corrected chi connectivity index (χ2v) is 10.1. The second kappa shape index (κ2) is 12.4. The number of hydrogen-bond donors (Lipinski definition) is 2. The molecule has 0 saturated carbocycles. The standard InChI is InChI=1S/C30H28ClN3O7/c1-39-27-17-34(28(35)16-24(27)23-14-19(31)7-10-22(23)25-11-13-41-33-25)26(15-21-4-2-3-12-40-21)29(36)32-20-8-5-18(6-9-20)30(37)38/h5-11,13-14,16-17,21,26H,2-4,12,15H2,1H3,(H,32,36)(H,37,38). The summed E-state index contributed by atoms with van der Waals surface area (Å²) in [7, 11) is 1.48. The van der Waals surface area contributed by atoms with Gasteiger partial charge in [-0.05, 0) is 61.2 Å². The van der Waals surface area contributed by atoms with Crippen molar-refractivity contribution in [1.82, 2.24) is 9.72 Å². The number of carboxylic acid groups (broad SMARTS) is 1. The molecule has 0 aliphatic carbocycles. The number of anilines is 1. The van der Waals surface area contributed by atoms with Crippen LogP contribution in [0, 0.1) is 0 Å². The maximum atomic E-state index is 13.7. The average Bonchev–Trinajstić information content (AvgIpc) is 3.51. The number of carboxylic acids is 1. The highest BCUT2D eigenvalue weighted by molar-refractivity contribution is 6.31. The van der Waals surface area contributed by atoms with Crippen LogP contribution in [0.5, 0.6) is 5.75 Å². The molecular formula is C30H28ClN3O7. The van der Waals surface area contributed by atoms with Crippen molar-refractivity contribution in [2.75, 3.05) is 19.0 Å². The van der Waals surface area contributed by atoms with Gasteiger partial charge in [-0.15, -0.1) is 0 Å². The van der Waals surface area contributed by atoms with E-state index in [9.17, 15) is 19.5 Å². The van der Waals surface area contributed by atoms with Crippen LogP contribution < -0.4 is 15.6 Å². The Balaban J connectivity index is 1.54. The molecule has 11 heteroatoms. The number of rotatable bonds is 9. The van der Waals surface area contributed by atoms with Crippen LogP contribution in [-0.4, -0.2) is 46.5 Å². The highest BCUT2D eigenvalue weighted by Gasteiger charge is 2.29. The van der Waals surface area contributed by atoms with Crippen LogP contribution in [0.2, 0.25) is 5.02 Å². The second-order valence-electron chi connectivity index (χ2n) is 9.69. The summed E-state index contributed by atoms with van der Waals surface area (Å²) < 4.78 is 18.0. The number of nitrogens with zero attached hydrogens (tertiary/aromatic N) is 2. The molecule has 2 unspecified atom stereocenters. The third-order valence-electron chi connectivity index (χ3n) is 7.05. The van der Waals surface area contributed by atoms with Gasteiger partial charge < -0.3 is 24.4 Å². The van der Waals surface area contributed by atoms with Crippen molar-refractivity contribution >= 4 is 29.2 Å². The first-order valence-corrected chi connectivity index (χ1v) is 13.5. The van der Waals surface area contributed by atoms with E-state index in [4.69, 9.17) is 25.6 Å². The first-order chi connectivity index (χ1) is 19.8. The van der Waals surface area contributed by atoms with Gasteiger partial charge in [0.15, 0.2) is 0 Å². The van der Waals surface area contributed by atoms with E-state index in [1.54, 1.807) is 24.3 Å². The molecule has 1 fully saturated rings. The molecule has 1 amide bonds. The van der Waals surface area contributed by atoms with Crippen molar-refractivity contribution in [3.05, 3.63) is 88.0 Å². The molecule has 3 heterocycles. The minimum absolute atomic E-state index is 0.0951. The zero-order valence-electron chi connectivity index (χ0n) is 22.2. The molecule has 10 nitrogen and oxygen atoms in total. The van der Waals surface area contributed by atoms with E-state index in [1.165, 1.54) is 54.5 Å². The number of halogens is 1. The van der Waals surface area contributed by atoms with Gasteiger partial charge >= 0.3 is 5.97 Å². The van der Waals surface area contributed by atoms with Crippen molar-refractivity contribution in [1.29, 1.82) is 0 Å². The predicted octanol–water partition coefficient (Wildman–Crippen LogP) is 5.67. The van der Waals surface area contributed by atoms with Crippen LogP contribution in [0.15, 0.2) is 76.4 Å². The molecule has 0 bridgehead atoms. The maximum Gasteiger partial charge on any atom is 0.335 e. The third-order valence-corrected chi connectivity index (χ3v) is 7.28. The SMILES string of the molecule is COc1cn(C(CC2CCCCO2)C(=O)Nc2ccc(C(=O)O)cc2)c(=O)cc1-c1cc(Cl)ccc1-c1ccon1. The zero-order chi connectivity index (χ0) is 28.9. The fourth-order valence-electron chi connectivity index (χ4n) is 4.97. The number of amides is 1. The van der Waals surface area contributed by atoms with Crippen molar-refractivity contribution < 1.29 is 28.7 Å². The molecule has 212 valence electrons. The Hall–Kier alpha value is -4.41. The molecule has 0 radical (unpaired) electrons. The average molecular weight is 578 g/mol. The normalized spacial score (nSPS) is 15.7. The number of methoxy groups -OCH3 is 1. The Morgan fingerprint density at radius 1 is 1.12 bits per heavy atom. The van der Waals surface area contributed by atoms with Gasteiger partial charge in [-0.25, -0.2) is 4.79 Å². The van der Waals surface area contributed by atoms with Gasteiger partial charge in [-0.3, -0.25) is 14.2 Å². The Labute approximate surface area is 240 Å². The van der Waals surface area contributed by atoms with E-state index in [0.717, 1.165) is 19.3 Å². The molecule has 2 atom stereocenters. The maximum absolute atomic E-state index is 13.7. The summed E-state index contributed by atoms with van der Waals surface area (Å²) in [6.45, 7) is 0.590. The first-order valence-electron chi connectivity index (χ1n) is 13.1. The number of aromatic nitrogens is 2. The molecule has 0 spiro atoms. The fourth-order valence-corrected chi connectivity index (χ4v) is 5.14. The van der Waals surface area contributed by atoms with Crippen molar-refractivity contribution in [2.45, 2.75) is 37.8 Å². The van der Waals surface area contributed by atoms with Gasteiger partial charge in [0.2, 0.25) is 5.91 Å². The number of carbonyl (C=O) groups excluding carboxylic acids is 1. The number of benzene rings is 2. The van der Waals surface area contributed by atoms with Crippen LogP contribution >= 0.6 is 11.6 Å². The Morgan fingerprint density at radius 2 is 1.93 bits per heavy atom. The number of nitrogens with one attached hydrogen (secondary N) is 1. The van der Waals surface area contributed by atoms with E-state index in [2.05, 4.69) is 10.5 Å². The summed E-state index contributed by atoms with van der Waals surface area (Å²) >= 11 is 6.33. The number of ether oxygens (including phenoxy) is 2. The largest absolute Gasteiger partial charge is 0.495 e. The van der Waals surface area contributed by atoms with Gasteiger partial charge in [0.1, 0.15) is 23.7 Å². The van der Waals surface area contributed by atoms with Gasteiger partial charge in [0.05, 0.1) is 25.0 Å². The van der Waals surface area contributed by atoms with E-state index >= 15 is 0 Å². The van der Waals surface area contributed by atoms with E-state index in [-0.39, 0.29) is 18.1 Å². The fraction of sp³-hybridized carbons (Fsp3) is 0.267. The number of hydrogen-bond acceptors (Lipinski definition) is 7. The Kier molecular flexibility index (Phi) is 8.51. The summed E-state index contributed by atoms with van der Waals surface area (Å²) in [5.41, 5.74) is 2.41. The number of aromatic carboxylic acids is 1. The molecule has 41 heavy (non-hydrogen) atoms. The van der Waals surface area contributed by atoms with Crippen LogP contribution in [0.1, 0.15) is 42.1 Å². The minimum atomic E-state index is -1.07. The van der Waals surface area contributed by atoms with Crippen LogP contribution in [0.3, 0.4) is 0 Å². The molecule has 2 N–H and O–H groups in total. The highest BCUT2D eigenvalue weighted by Crippen LogP contribution is 2.38. The predicted molar refractivity (Wildman–Crippen MR) is 152 cm³/mol. The third kappa shape index (κ3) is 6.34. The summed E-state index contributed by atoms with van der Waals surface area (Å²) in [5, 5.41) is 16.5. The highest BCUT2D eigenvalue weighted by atomic mass is 35.5. The van der Waals surface area contributed by atoms with Gasteiger partial charge in [0, 0.05) is 47.0 Å². The van der Waals surface area contributed by atoms with E-state index in [0.29, 0.717) is 45.5 Å². The monoisotopic (exact) mass is 577 g/mol. The smallest absolute Gasteiger partial charge is 0.335 e. The summed E-state index contributed by atoms with van der Waals surface area (Å²) in [6, 6.07) is 13.2. The molecule has 1 aliphatic heterocycles. The minimum Gasteiger partial charge on any atom is -0.495 e. The topological polar surface area (TPSA) is 133 Å². The van der Waals surface area contributed by atoms with Crippen molar-refractivity contribution in [2.24, 2.45) is 0 Å². The quantitative estimate of drug-likeness (QED) is 0.260. The Morgan fingerprint density at radius 3 is 2.59 bits per heavy atom. The lowest BCUT2D eigenvalue weighted by Gasteiger charge is -2.28. The Bertz CT molecular complexity index is 1590. The van der Waals surface area contributed by atoms with E-state index in [1.807, 2.05) is 0 Å². The molecule has 1 saturated heterocycles. The molecule has 5 rings (SSSR count). The molecule has 2 aromatic heterocycles. The summed E-state index contributed by atoms with van der Waals surface area (Å²) in [6.07, 6.45) is 5.71. The number of carbonyl (C=O) groups is 2. The van der Waals surface area contributed by atoms with Gasteiger partial charge in [-0.1, -0.05) is 22.8 Å². The zero-order valence-corrected chi connectivity index (χ0v) is 23.0. The van der Waals surface area contributed by atoms with Gasteiger partial charge in [0.25, 0.3) is 5.56 Å². The van der Waals surface area contributed by atoms with Crippen LogP contribution in [0.25, 0.3) is 22.4 Å².